The van der Waals surface area contributed by atoms with E-state index < -0.39 is 0 Å². The van der Waals surface area contributed by atoms with E-state index in [0.29, 0.717) is 0 Å². The summed E-state index contributed by atoms with van der Waals surface area (Å²) in [5.41, 5.74) is 6.60. The van der Waals surface area contributed by atoms with E-state index in [1.165, 1.54) is 12.8 Å². The Morgan fingerprint density at radius 3 is 2.80 bits per heavy atom. The van der Waals surface area contributed by atoms with E-state index in [9.17, 15) is 0 Å². The molecule has 1 aliphatic rings. The van der Waals surface area contributed by atoms with Gasteiger partial charge < -0.3 is 10.8 Å². The lowest BCUT2D eigenvalue weighted by Crippen LogP contribution is -2.14. The summed E-state index contributed by atoms with van der Waals surface area (Å²) in [5.74, 6) is 0. The van der Waals surface area contributed by atoms with Gasteiger partial charge in [0.1, 0.15) is 0 Å². The first-order chi connectivity index (χ1) is 7.20. The maximum Gasteiger partial charge on any atom is 0.0624 e. The first-order valence-corrected chi connectivity index (χ1v) is 6.29. The van der Waals surface area contributed by atoms with Gasteiger partial charge in [-0.3, -0.25) is 0 Å². The maximum absolute atomic E-state index is 8.93. The smallest absolute Gasteiger partial charge is 0.0624 e. The van der Waals surface area contributed by atoms with Crippen LogP contribution in [0.1, 0.15) is 24.4 Å². The maximum atomic E-state index is 8.93. The summed E-state index contributed by atoms with van der Waals surface area (Å²) in [5, 5.41) is 10.4. The topological polar surface area (TPSA) is 46.2 Å². The summed E-state index contributed by atoms with van der Waals surface area (Å²) < 4.78 is 0. The van der Waals surface area contributed by atoms with E-state index in [0.717, 1.165) is 20.7 Å². The molecule has 0 aromatic heterocycles. The summed E-state index contributed by atoms with van der Waals surface area (Å²) >= 11 is 7.97. The standard InChI is InChI=1S/C11H14ClNOS/c12-9-5-7(10(13)6-14)1-4-11(9)15-8-2-3-8/h1,4-5,8,10,14H,2-3,6,13H2. The minimum absolute atomic E-state index is 0.0502. The van der Waals surface area contributed by atoms with Gasteiger partial charge in [-0.1, -0.05) is 17.7 Å². The van der Waals surface area contributed by atoms with Gasteiger partial charge in [-0.25, -0.2) is 0 Å². The van der Waals surface area contributed by atoms with Gasteiger partial charge in [-0.2, -0.15) is 0 Å². The molecule has 82 valence electrons. The quantitative estimate of drug-likeness (QED) is 0.855. The molecule has 15 heavy (non-hydrogen) atoms. The number of rotatable bonds is 4. The molecule has 0 heterocycles. The molecule has 0 radical (unpaired) electrons. The van der Waals surface area contributed by atoms with E-state index in [1.807, 2.05) is 30.0 Å². The van der Waals surface area contributed by atoms with Crippen LogP contribution in [0.25, 0.3) is 0 Å². The zero-order valence-electron chi connectivity index (χ0n) is 8.32. The van der Waals surface area contributed by atoms with Crippen molar-refractivity contribution in [3.05, 3.63) is 28.8 Å². The van der Waals surface area contributed by atoms with Crippen molar-refractivity contribution in [2.75, 3.05) is 6.61 Å². The predicted octanol–water partition coefficient (Wildman–Crippen LogP) is 2.59. The number of aliphatic hydroxyl groups excluding tert-OH is 1. The molecule has 1 saturated carbocycles. The van der Waals surface area contributed by atoms with Crippen LogP contribution in [0.3, 0.4) is 0 Å². The van der Waals surface area contributed by atoms with Crippen LogP contribution in [0, 0.1) is 0 Å². The SMILES string of the molecule is NC(CO)c1ccc(SC2CC2)c(Cl)c1. The summed E-state index contributed by atoms with van der Waals surface area (Å²) in [7, 11) is 0. The van der Waals surface area contributed by atoms with Crippen LogP contribution in [0.2, 0.25) is 5.02 Å². The Bertz CT molecular complexity index is 354. The fraction of sp³-hybridized carbons (Fsp3) is 0.455. The third kappa shape index (κ3) is 2.88. The number of nitrogens with two attached hydrogens (primary N) is 1. The average Bonchev–Trinajstić information content (AvgIpc) is 3.04. The highest BCUT2D eigenvalue weighted by Crippen LogP contribution is 2.42. The molecule has 4 heteroatoms. The molecule has 1 fully saturated rings. The van der Waals surface area contributed by atoms with E-state index in [4.69, 9.17) is 22.4 Å². The number of benzene rings is 1. The van der Waals surface area contributed by atoms with Gasteiger partial charge in [-0.05, 0) is 30.5 Å². The van der Waals surface area contributed by atoms with Crippen molar-refractivity contribution in [1.29, 1.82) is 0 Å². The van der Waals surface area contributed by atoms with Crippen molar-refractivity contribution >= 4 is 23.4 Å². The normalized spacial score (nSPS) is 17.8. The van der Waals surface area contributed by atoms with Gasteiger partial charge in [0, 0.05) is 10.1 Å². The van der Waals surface area contributed by atoms with Crippen molar-refractivity contribution in [2.24, 2.45) is 5.73 Å². The minimum atomic E-state index is -0.331. The zero-order valence-corrected chi connectivity index (χ0v) is 9.89. The highest BCUT2D eigenvalue weighted by atomic mass is 35.5. The van der Waals surface area contributed by atoms with E-state index in [2.05, 4.69) is 0 Å². The second-order valence-corrected chi connectivity index (χ2v) is 5.55. The van der Waals surface area contributed by atoms with Crippen molar-refractivity contribution in [1.82, 2.24) is 0 Å². The molecule has 0 bridgehead atoms. The Balaban J connectivity index is 2.13. The first-order valence-electron chi connectivity index (χ1n) is 5.03. The fourth-order valence-electron chi connectivity index (χ4n) is 1.31. The van der Waals surface area contributed by atoms with Crippen LogP contribution in [-0.2, 0) is 0 Å². The fourth-order valence-corrected chi connectivity index (χ4v) is 2.69. The summed E-state index contributed by atoms with van der Waals surface area (Å²) in [6.45, 7) is -0.0502. The molecule has 2 rings (SSSR count). The second kappa shape index (κ2) is 4.74. The van der Waals surface area contributed by atoms with Crippen LogP contribution in [0.4, 0.5) is 0 Å². The van der Waals surface area contributed by atoms with E-state index >= 15 is 0 Å². The van der Waals surface area contributed by atoms with Crippen molar-refractivity contribution < 1.29 is 5.11 Å². The van der Waals surface area contributed by atoms with Crippen LogP contribution in [0.15, 0.2) is 23.1 Å². The highest BCUT2D eigenvalue weighted by molar-refractivity contribution is 8.00. The van der Waals surface area contributed by atoms with Gasteiger partial charge >= 0.3 is 0 Å². The first kappa shape index (κ1) is 11.3. The van der Waals surface area contributed by atoms with Crippen LogP contribution in [-0.4, -0.2) is 17.0 Å². The summed E-state index contributed by atoms with van der Waals surface area (Å²) in [6, 6.07) is 5.46. The lowest BCUT2D eigenvalue weighted by Gasteiger charge is -2.10. The molecule has 0 aliphatic heterocycles. The third-order valence-electron chi connectivity index (χ3n) is 2.40. The molecule has 1 aromatic rings. The average molecular weight is 244 g/mol. The van der Waals surface area contributed by atoms with E-state index in [-0.39, 0.29) is 12.6 Å². The zero-order chi connectivity index (χ0) is 10.8. The van der Waals surface area contributed by atoms with Crippen LogP contribution < -0.4 is 5.73 Å². The predicted molar refractivity (Wildman–Crippen MR) is 64.3 cm³/mol. The lowest BCUT2D eigenvalue weighted by molar-refractivity contribution is 0.268. The molecule has 1 atom stereocenters. The largest absolute Gasteiger partial charge is 0.394 e. The van der Waals surface area contributed by atoms with Crippen molar-refractivity contribution in [2.45, 2.75) is 29.0 Å². The van der Waals surface area contributed by atoms with Crippen LogP contribution >= 0.6 is 23.4 Å². The molecule has 3 N–H and O–H groups in total. The Hall–Kier alpha value is -0.220. The number of thioether (sulfide) groups is 1. The number of aliphatic hydroxyl groups is 1. The Morgan fingerprint density at radius 2 is 2.27 bits per heavy atom. The Morgan fingerprint density at radius 1 is 1.53 bits per heavy atom. The molecule has 0 spiro atoms. The lowest BCUT2D eigenvalue weighted by atomic mass is 10.1. The summed E-state index contributed by atoms with van der Waals surface area (Å²) in [6.07, 6.45) is 2.58. The number of hydrogen-bond donors (Lipinski definition) is 2. The van der Waals surface area contributed by atoms with Gasteiger partial charge in [-0.15, -0.1) is 11.8 Å². The van der Waals surface area contributed by atoms with Crippen LogP contribution in [0.5, 0.6) is 0 Å². The van der Waals surface area contributed by atoms with Gasteiger partial charge in [0.15, 0.2) is 0 Å². The molecule has 1 aromatic carbocycles. The molecule has 2 nitrogen and oxygen atoms in total. The van der Waals surface area contributed by atoms with Crippen molar-refractivity contribution in [3.63, 3.8) is 0 Å². The van der Waals surface area contributed by atoms with Crippen molar-refractivity contribution in [3.8, 4) is 0 Å². The van der Waals surface area contributed by atoms with E-state index in [1.54, 1.807) is 0 Å². The monoisotopic (exact) mass is 243 g/mol. The molecule has 1 aliphatic carbocycles. The third-order valence-corrected chi connectivity index (χ3v) is 4.24. The van der Waals surface area contributed by atoms with Gasteiger partial charge in [0.25, 0.3) is 0 Å². The highest BCUT2D eigenvalue weighted by Gasteiger charge is 2.23. The number of hydrogen-bond acceptors (Lipinski definition) is 3. The molecule has 0 amide bonds. The minimum Gasteiger partial charge on any atom is -0.394 e. The summed E-state index contributed by atoms with van der Waals surface area (Å²) in [4.78, 5) is 1.12. The Labute approximate surface area is 98.8 Å². The second-order valence-electron chi connectivity index (χ2n) is 3.80. The Kier molecular flexibility index (Phi) is 3.57. The van der Waals surface area contributed by atoms with Gasteiger partial charge in [0.05, 0.1) is 17.7 Å². The molecule has 0 saturated heterocycles. The molecular formula is C11H14ClNOS. The van der Waals surface area contributed by atoms with Gasteiger partial charge in [0.2, 0.25) is 0 Å². The number of halogens is 1. The molecule has 1 unspecified atom stereocenters. The molecular weight excluding hydrogens is 230 g/mol.